The van der Waals surface area contributed by atoms with Crippen LogP contribution in [0.2, 0.25) is 0 Å². The van der Waals surface area contributed by atoms with E-state index in [0.29, 0.717) is 0 Å². The average molecular weight is 299 g/mol. The molecule has 2 nitrogen and oxygen atoms in total. The average Bonchev–Trinajstić information content (AvgIpc) is 3.04. The van der Waals surface area contributed by atoms with E-state index in [-0.39, 0.29) is 0 Å². The summed E-state index contributed by atoms with van der Waals surface area (Å²) in [5.74, 6) is 0. The van der Waals surface area contributed by atoms with Gasteiger partial charge in [-0.15, -0.1) is 0 Å². The van der Waals surface area contributed by atoms with E-state index in [0.717, 1.165) is 0 Å². The molecule has 3 heterocycles. The van der Waals surface area contributed by atoms with Crippen LogP contribution in [-0.2, 0) is 7.05 Å². The van der Waals surface area contributed by atoms with Gasteiger partial charge in [-0.25, -0.2) is 4.57 Å². The number of hydrogen-bond acceptors (Lipinski definition) is 0. The third-order valence-electron chi connectivity index (χ3n) is 4.43. The Morgan fingerprint density at radius 3 is 2.57 bits per heavy atom. The standard InChI is InChI=1S/C21H19N2/c1-16-8-9-17(15-20(16)21-7-3-4-11-22(21)2)18-10-13-23-12-5-6-19(23)14-18/h3-15H,1-2H3/q+1. The van der Waals surface area contributed by atoms with E-state index in [1.54, 1.807) is 0 Å². The molecular formula is C21H19N2+. The number of aryl methyl sites for hydroxylation is 2. The predicted molar refractivity (Wildman–Crippen MR) is 94.2 cm³/mol. The van der Waals surface area contributed by atoms with Crippen molar-refractivity contribution in [3.05, 3.63) is 84.8 Å². The molecule has 112 valence electrons. The monoisotopic (exact) mass is 299 g/mol. The lowest BCUT2D eigenvalue weighted by atomic mass is 9.98. The van der Waals surface area contributed by atoms with Gasteiger partial charge in [-0.1, -0.05) is 12.1 Å². The molecule has 1 aromatic carbocycles. The van der Waals surface area contributed by atoms with Gasteiger partial charge < -0.3 is 4.40 Å². The molecule has 4 aromatic rings. The lowest BCUT2D eigenvalue weighted by molar-refractivity contribution is -0.660. The number of rotatable bonds is 2. The van der Waals surface area contributed by atoms with Crippen LogP contribution in [0, 0.1) is 6.92 Å². The Kier molecular flexibility index (Phi) is 3.23. The molecule has 0 saturated carbocycles. The Labute approximate surface area is 136 Å². The lowest BCUT2D eigenvalue weighted by Crippen LogP contribution is -2.30. The van der Waals surface area contributed by atoms with Gasteiger partial charge in [-0.3, -0.25) is 0 Å². The van der Waals surface area contributed by atoms with Gasteiger partial charge in [-0.2, -0.15) is 0 Å². The minimum atomic E-state index is 1.22. The van der Waals surface area contributed by atoms with Crippen molar-refractivity contribution < 1.29 is 4.57 Å². The normalized spacial score (nSPS) is 11.0. The number of benzene rings is 1. The van der Waals surface area contributed by atoms with Gasteiger partial charge in [0.1, 0.15) is 7.05 Å². The van der Waals surface area contributed by atoms with E-state index >= 15 is 0 Å². The van der Waals surface area contributed by atoms with Crippen LogP contribution in [0.25, 0.3) is 27.9 Å². The van der Waals surface area contributed by atoms with Gasteiger partial charge >= 0.3 is 0 Å². The molecule has 0 unspecified atom stereocenters. The zero-order chi connectivity index (χ0) is 15.8. The van der Waals surface area contributed by atoms with Crippen molar-refractivity contribution in [3.8, 4) is 22.4 Å². The first kappa shape index (κ1) is 13.8. The molecular weight excluding hydrogens is 280 g/mol. The van der Waals surface area contributed by atoms with Crippen molar-refractivity contribution in [2.75, 3.05) is 0 Å². The number of fused-ring (bicyclic) bond motifs is 1. The van der Waals surface area contributed by atoms with Crippen LogP contribution >= 0.6 is 0 Å². The van der Waals surface area contributed by atoms with Crippen molar-refractivity contribution in [1.82, 2.24) is 4.40 Å². The summed E-state index contributed by atoms with van der Waals surface area (Å²) in [6.07, 6.45) is 6.28. The zero-order valence-corrected chi connectivity index (χ0v) is 13.4. The van der Waals surface area contributed by atoms with Gasteiger partial charge in [0.05, 0.1) is 0 Å². The van der Waals surface area contributed by atoms with E-state index in [4.69, 9.17) is 0 Å². The van der Waals surface area contributed by atoms with Crippen molar-refractivity contribution in [1.29, 1.82) is 0 Å². The smallest absolute Gasteiger partial charge is 0.212 e. The molecule has 0 atom stereocenters. The molecule has 0 aliphatic rings. The minimum absolute atomic E-state index is 1.22. The number of pyridine rings is 2. The summed E-state index contributed by atoms with van der Waals surface area (Å²) in [5, 5.41) is 0. The maximum absolute atomic E-state index is 2.29. The van der Waals surface area contributed by atoms with E-state index in [1.807, 2.05) is 0 Å². The Morgan fingerprint density at radius 1 is 0.826 bits per heavy atom. The highest BCUT2D eigenvalue weighted by Crippen LogP contribution is 2.28. The van der Waals surface area contributed by atoms with Gasteiger partial charge in [-0.05, 0) is 60.0 Å². The molecule has 23 heavy (non-hydrogen) atoms. The molecule has 0 bridgehead atoms. The Morgan fingerprint density at radius 2 is 1.70 bits per heavy atom. The molecule has 0 saturated heterocycles. The van der Waals surface area contributed by atoms with Gasteiger partial charge in [0.2, 0.25) is 5.69 Å². The minimum Gasteiger partial charge on any atom is -0.324 e. The fourth-order valence-corrected chi connectivity index (χ4v) is 3.09. The Hall–Kier alpha value is -2.87. The number of aromatic nitrogens is 2. The van der Waals surface area contributed by atoms with Crippen LogP contribution in [0.15, 0.2) is 79.3 Å². The van der Waals surface area contributed by atoms with Gasteiger partial charge in [0.15, 0.2) is 6.20 Å². The van der Waals surface area contributed by atoms with Crippen LogP contribution < -0.4 is 4.57 Å². The van der Waals surface area contributed by atoms with Crippen molar-refractivity contribution >= 4 is 5.52 Å². The fourth-order valence-electron chi connectivity index (χ4n) is 3.09. The topological polar surface area (TPSA) is 8.29 Å². The molecule has 0 aliphatic carbocycles. The first-order chi connectivity index (χ1) is 11.2. The summed E-state index contributed by atoms with van der Waals surface area (Å²) in [6.45, 7) is 2.17. The van der Waals surface area contributed by atoms with Crippen molar-refractivity contribution in [2.45, 2.75) is 6.92 Å². The SMILES string of the molecule is Cc1ccc(-c2ccn3cccc3c2)cc1-c1cccc[n+]1C. The van der Waals surface area contributed by atoms with Crippen LogP contribution in [0.1, 0.15) is 5.56 Å². The third kappa shape index (κ3) is 2.42. The largest absolute Gasteiger partial charge is 0.324 e. The van der Waals surface area contributed by atoms with E-state index in [1.165, 1.54) is 33.5 Å². The van der Waals surface area contributed by atoms with Crippen molar-refractivity contribution in [3.63, 3.8) is 0 Å². The van der Waals surface area contributed by atoms with Gasteiger partial charge in [0, 0.05) is 35.6 Å². The highest BCUT2D eigenvalue weighted by Gasteiger charge is 2.12. The van der Waals surface area contributed by atoms with Crippen LogP contribution in [0.5, 0.6) is 0 Å². The summed E-state index contributed by atoms with van der Waals surface area (Å²) < 4.78 is 4.30. The van der Waals surface area contributed by atoms with E-state index < -0.39 is 0 Å². The molecule has 3 aromatic heterocycles. The second-order valence-corrected chi connectivity index (χ2v) is 5.98. The highest BCUT2D eigenvalue weighted by atomic mass is 14.9. The first-order valence-corrected chi connectivity index (χ1v) is 7.85. The zero-order valence-electron chi connectivity index (χ0n) is 13.4. The molecule has 4 rings (SSSR count). The fraction of sp³-hybridized carbons (Fsp3) is 0.0952. The Balaban J connectivity index is 1.87. The van der Waals surface area contributed by atoms with Crippen molar-refractivity contribution in [2.24, 2.45) is 7.05 Å². The second-order valence-electron chi connectivity index (χ2n) is 5.98. The predicted octanol–water partition coefficient (Wildman–Crippen LogP) is 4.41. The Bertz CT molecular complexity index is 996. The lowest BCUT2D eigenvalue weighted by Gasteiger charge is -2.09. The van der Waals surface area contributed by atoms with Crippen LogP contribution in [0.3, 0.4) is 0 Å². The molecule has 2 heteroatoms. The molecule has 0 spiro atoms. The van der Waals surface area contributed by atoms with Crippen LogP contribution in [-0.4, -0.2) is 4.40 Å². The molecule has 0 fully saturated rings. The van der Waals surface area contributed by atoms with E-state index in [2.05, 4.69) is 102 Å². The number of hydrogen-bond donors (Lipinski definition) is 0. The third-order valence-corrected chi connectivity index (χ3v) is 4.43. The molecule has 0 radical (unpaired) electrons. The maximum Gasteiger partial charge on any atom is 0.212 e. The second kappa shape index (κ2) is 5.40. The summed E-state index contributed by atoms with van der Waals surface area (Å²) in [6, 6.07) is 21.6. The van der Waals surface area contributed by atoms with Gasteiger partial charge in [0.25, 0.3) is 0 Å². The molecule has 0 N–H and O–H groups in total. The summed E-state index contributed by atoms with van der Waals surface area (Å²) in [7, 11) is 2.09. The maximum atomic E-state index is 2.29. The highest BCUT2D eigenvalue weighted by molar-refractivity contribution is 5.75. The van der Waals surface area contributed by atoms with E-state index in [9.17, 15) is 0 Å². The molecule has 0 aliphatic heterocycles. The summed E-state index contributed by atoms with van der Waals surface area (Å²) in [4.78, 5) is 0. The summed E-state index contributed by atoms with van der Waals surface area (Å²) in [5.41, 5.74) is 7.51. The molecule has 0 amide bonds. The quantitative estimate of drug-likeness (QED) is 0.485. The number of nitrogens with zero attached hydrogens (tertiary/aromatic N) is 2. The summed E-state index contributed by atoms with van der Waals surface area (Å²) >= 11 is 0. The van der Waals surface area contributed by atoms with Crippen LogP contribution in [0.4, 0.5) is 0 Å². The first-order valence-electron chi connectivity index (χ1n) is 7.85.